The lowest BCUT2D eigenvalue weighted by molar-refractivity contribution is 0.192. The Morgan fingerprint density at radius 3 is 2.53 bits per heavy atom. The van der Waals surface area contributed by atoms with Crippen molar-refractivity contribution in [2.45, 2.75) is 6.04 Å². The summed E-state index contributed by atoms with van der Waals surface area (Å²) in [6.45, 7) is 4.00. The summed E-state index contributed by atoms with van der Waals surface area (Å²) in [6, 6.07) is 10.5. The van der Waals surface area contributed by atoms with Gasteiger partial charge in [-0.15, -0.1) is 10.2 Å². The first-order chi connectivity index (χ1) is 9.34. The maximum Gasteiger partial charge on any atom is 0.196 e. The molecule has 0 aliphatic carbocycles. The van der Waals surface area contributed by atoms with Crippen molar-refractivity contribution >= 4 is 0 Å². The molecule has 0 amide bonds. The average Bonchev–Trinajstić information content (AvgIpc) is 2.88. The summed E-state index contributed by atoms with van der Waals surface area (Å²) in [4.78, 5) is 3.93. The van der Waals surface area contributed by atoms with Crippen molar-refractivity contribution in [1.29, 1.82) is 0 Å². The van der Waals surface area contributed by atoms with E-state index in [2.05, 4.69) is 49.9 Å². The molecule has 6 nitrogen and oxygen atoms in total. The smallest absolute Gasteiger partial charge is 0.196 e. The molecular weight excluding hydrogens is 240 g/mol. The largest absolute Gasteiger partial charge is 0.314 e. The minimum absolute atomic E-state index is 0.0944. The highest BCUT2D eigenvalue weighted by Crippen LogP contribution is 2.25. The van der Waals surface area contributed by atoms with Gasteiger partial charge in [0.15, 0.2) is 5.82 Å². The number of nitrogens with one attached hydrogen (secondary N) is 1. The number of tetrazole rings is 1. The number of piperazine rings is 1. The van der Waals surface area contributed by atoms with Gasteiger partial charge in [0.2, 0.25) is 0 Å². The number of rotatable bonds is 3. The van der Waals surface area contributed by atoms with E-state index in [0.29, 0.717) is 0 Å². The number of hydrogen-bond donors (Lipinski definition) is 1. The molecule has 0 bridgehead atoms. The summed E-state index contributed by atoms with van der Waals surface area (Å²) in [5.41, 5.74) is 1.22. The van der Waals surface area contributed by atoms with Gasteiger partial charge in [-0.1, -0.05) is 30.3 Å². The van der Waals surface area contributed by atoms with Crippen molar-refractivity contribution < 1.29 is 0 Å². The van der Waals surface area contributed by atoms with Gasteiger partial charge in [0.05, 0.1) is 13.1 Å². The van der Waals surface area contributed by atoms with E-state index in [9.17, 15) is 0 Å². The van der Waals surface area contributed by atoms with Gasteiger partial charge in [-0.3, -0.25) is 4.90 Å². The van der Waals surface area contributed by atoms with Crippen molar-refractivity contribution in [2.24, 2.45) is 7.05 Å². The monoisotopic (exact) mass is 258 g/mol. The molecule has 1 N–H and O–H groups in total. The molecule has 0 saturated carbocycles. The molecule has 1 aliphatic rings. The van der Waals surface area contributed by atoms with E-state index >= 15 is 0 Å². The normalized spacial score (nSPS) is 18.4. The Balaban J connectivity index is 1.95. The topological polar surface area (TPSA) is 58.9 Å². The molecule has 1 aromatic heterocycles. The Morgan fingerprint density at radius 2 is 1.89 bits per heavy atom. The fraction of sp³-hybridized carbons (Fsp3) is 0.462. The summed E-state index contributed by atoms with van der Waals surface area (Å²) in [7, 11) is 1.80. The van der Waals surface area contributed by atoms with Crippen LogP contribution < -0.4 is 5.32 Å². The standard InChI is InChI=1S/C13H18N6/c1-18-16-13(15-17-18)12(11-5-3-2-4-6-11)19-9-7-14-8-10-19/h2-6,12,14H,7-10H2,1H3/t12-/m1/s1. The zero-order valence-electron chi connectivity index (χ0n) is 11.0. The van der Waals surface area contributed by atoms with Crippen LogP contribution in [0.15, 0.2) is 30.3 Å². The second kappa shape index (κ2) is 5.46. The van der Waals surface area contributed by atoms with Gasteiger partial charge in [0.25, 0.3) is 0 Å². The maximum absolute atomic E-state index is 4.39. The molecule has 1 aromatic carbocycles. The van der Waals surface area contributed by atoms with Gasteiger partial charge in [-0.05, 0) is 10.8 Å². The highest BCUT2D eigenvalue weighted by Gasteiger charge is 2.27. The van der Waals surface area contributed by atoms with Gasteiger partial charge < -0.3 is 5.32 Å². The number of benzene rings is 1. The third-order valence-corrected chi connectivity index (χ3v) is 3.40. The first kappa shape index (κ1) is 12.3. The summed E-state index contributed by atoms with van der Waals surface area (Å²) in [5, 5.41) is 15.9. The van der Waals surface area contributed by atoms with Crippen LogP contribution in [0.3, 0.4) is 0 Å². The SMILES string of the molecule is Cn1nnc([C@@H](c2ccccc2)N2CCNCC2)n1. The van der Waals surface area contributed by atoms with Crippen molar-refractivity contribution in [1.82, 2.24) is 30.4 Å². The zero-order chi connectivity index (χ0) is 13.1. The first-order valence-corrected chi connectivity index (χ1v) is 6.58. The number of nitrogens with zero attached hydrogens (tertiary/aromatic N) is 5. The van der Waals surface area contributed by atoms with Crippen molar-refractivity contribution in [3.63, 3.8) is 0 Å². The van der Waals surface area contributed by atoms with Gasteiger partial charge in [0, 0.05) is 26.2 Å². The van der Waals surface area contributed by atoms with Crippen LogP contribution in [0, 0.1) is 0 Å². The Morgan fingerprint density at radius 1 is 1.16 bits per heavy atom. The van der Waals surface area contributed by atoms with Crippen molar-refractivity contribution in [3.05, 3.63) is 41.7 Å². The van der Waals surface area contributed by atoms with Crippen LogP contribution in [0.2, 0.25) is 0 Å². The van der Waals surface area contributed by atoms with Gasteiger partial charge in [-0.25, -0.2) is 0 Å². The summed E-state index contributed by atoms with van der Waals surface area (Å²) >= 11 is 0. The molecule has 0 radical (unpaired) electrons. The van der Waals surface area contributed by atoms with Crippen LogP contribution in [-0.4, -0.2) is 51.3 Å². The summed E-state index contributed by atoms with van der Waals surface area (Å²) < 4.78 is 0. The zero-order valence-corrected chi connectivity index (χ0v) is 11.0. The first-order valence-electron chi connectivity index (χ1n) is 6.58. The van der Waals surface area contributed by atoms with Crippen molar-refractivity contribution in [3.8, 4) is 0 Å². The van der Waals surface area contributed by atoms with Gasteiger partial charge >= 0.3 is 0 Å². The molecule has 1 aliphatic heterocycles. The highest BCUT2D eigenvalue weighted by molar-refractivity contribution is 5.24. The Kier molecular flexibility index (Phi) is 3.52. The van der Waals surface area contributed by atoms with Gasteiger partial charge in [0.1, 0.15) is 0 Å². The molecule has 0 spiro atoms. The third kappa shape index (κ3) is 2.64. The highest BCUT2D eigenvalue weighted by atomic mass is 15.6. The molecule has 2 heterocycles. The summed E-state index contributed by atoms with van der Waals surface area (Å²) in [6.07, 6.45) is 0. The molecule has 19 heavy (non-hydrogen) atoms. The fourth-order valence-corrected chi connectivity index (χ4v) is 2.51. The predicted molar refractivity (Wildman–Crippen MR) is 71.5 cm³/mol. The molecule has 2 aromatic rings. The predicted octanol–water partition coefficient (Wildman–Crippen LogP) is 0.205. The lowest BCUT2D eigenvalue weighted by Gasteiger charge is -2.33. The van der Waals surface area contributed by atoms with Crippen LogP contribution in [0.5, 0.6) is 0 Å². The molecule has 100 valence electrons. The Bertz CT molecular complexity index is 517. The van der Waals surface area contributed by atoms with E-state index in [1.54, 1.807) is 7.05 Å². The minimum Gasteiger partial charge on any atom is -0.314 e. The van der Waals surface area contributed by atoms with Crippen LogP contribution in [0.1, 0.15) is 17.4 Å². The quantitative estimate of drug-likeness (QED) is 0.852. The second-order valence-corrected chi connectivity index (χ2v) is 4.74. The number of aromatic nitrogens is 4. The average molecular weight is 258 g/mol. The number of aryl methyl sites for hydroxylation is 1. The van der Waals surface area contributed by atoms with Crippen LogP contribution in [0.4, 0.5) is 0 Å². The fourth-order valence-electron chi connectivity index (χ4n) is 2.51. The molecule has 1 fully saturated rings. The molecule has 0 unspecified atom stereocenters. The van der Waals surface area contributed by atoms with Gasteiger partial charge in [-0.2, -0.15) is 4.80 Å². The maximum atomic E-state index is 4.39. The molecule has 1 atom stereocenters. The second-order valence-electron chi connectivity index (χ2n) is 4.74. The Hall–Kier alpha value is -1.79. The molecular formula is C13H18N6. The Labute approximate surface area is 112 Å². The summed E-state index contributed by atoms with van der Waals surface area (Å²) in [5.74, 6) is 0.774. The van der Waals surface area contributed by atoms with E-state index in [1.165, 1.54) is 10.4 Å². The van der Waals surface area contributed by atoms with E-state index in [-0.39, 0.29) is 6.04 Å². The van der Waals surface area contributed by atoms with Crippen molar-refractivity contribution in [2.75, 3.05) is 26.2 Å². The molecule has 6 heteroatoms. The lowest BCUT2D eigenvalue weighted by atomic mass is 10.0. The van der Waals surface area contributed by atoms with E-state index in [4.69, 9.17) is 0 Å². The van der Waals surface area contributed by atoms with E-state index in [1.807, 2.05) is 6.07 Å². The minimum atomic E-state index is 0.0944. The molecule has 3 rings (SSSR count). The number of hydrogen-bond acceptors (Lipinski definition) is 5. The van der Waals surface area contributed by atoms with Crippen LogP contribution >= 0.6 is 0 Å². The van der Waals surface area contributed by atoms with E-state index in [0.717, 1.165) is 32.0 Å². The van der Waals surface area contributed by atoms with Crippen LogP contribution in [0.25, 0.3) is 0 Å². The lowest BCUT2D eigenvalue weighted by Crippen LogP contribution is -2.45. The van der Waals surface area contributed by atoms with E-state index < -0.39 is 0 Å². The third-order valence-electron chi connectivity index (χ3n) is 3.40. The van der Waals surface area contributed by atoms with Crippen LogP contribution in [-0.2, 0) is 7.05 Å². The molecule has 1 saturated heterocycles.